The van der Waals surface area contributed by atoms with Crippen molar-refractivity contribution in [3.8, 4) is 0 Å². The second-order valence-electron chi connectivity index (χ2n) is 8.02. The predicted molar refractivity (Wildman–Crippen MR) is 118 cm³/mol. The molecule has 1 aliphatic rings. The number of sulfone groups is 2. The molecule has 0 aromatic heterocycles. The maximum Gasteiger partial charge on any atom is 0.275 e. The lowest BCUT2D eigenvalue weighted by Gasteiger charge is -2.14. The van der Waals surface area contributed by atoms with Gasteiger partial charge < -0.3 is 0 Å². The Hall–Kier alpha value is -3.04. The van der Waals surface area contributed by atoms with Crippen molar-refractivity contribution >= 4 is 25.4 Å². The fourth-order valence-corrected chi connectivity index (χ4v) is 6.57. The van der Waals surface area contributed by atoms with Gasteiger partial charge in [-0.3, -0.25) is 10.1 Å². The van der Waals surface area contributed by atoms with Gasteiger partial charge in [0.25, 0.3) is 5.69 Å². The fraction of sp³-hybridized carbons (Fsp3) is 0.217. The van der Waals surface area contributed by atoms with Crippen LogP contribution < -0.4 is 0 Å². The second-order valence-corrected chi connectivity index (χ2v) is 11.9. The third kappa shape index (κ3) is 3.93. The predicted octanol–water partition coefficient (Wildman–Crippen LogP) is 4.75. The summed E-state index contributed by atoms with van der Waals surface area (Å²) in [6.45, 7) is 3.61. The molecule has 1 aliphatic carbocycles. The maximum atomic E-state index is 13.5. The molecule has 0 unspecified atom stereocenters. The van der Waals surface area contributed by atoms with Crippen molar-refractivity contribution in [2.45, 2.75) is 52.2 Å². The molecule has 1 fully saturated rings. The minimum atomic E-state index is -4.19. The van der Waals surface area contributed by atoms with Crippen molar-refractivity contribution in [2.24, 2.45) is 0 Å². The van der Waals surface area contributed by atoms with E-state index in [2.05, 4.69) is 0 Å². The highest BCUT2D eigenvalue weighted by atomic mass is 32.2. The van der Waals surface area contributed by atoms with Gasteiger partial charge in [-0.1, -0.05) is 35.4 Å². The number of hydrogen-bond acceptors (Lipinski definition) is 6. The number of nitro benzene ring substituents is 1. The van der Waals surface area contributed by atoms with E-state index >= 15 is 0 Å². The molecule has 0 bridgehead atoms. The highest BCUT2D eigenvalue weighted by Crippen LogP contribution is 2.49. The van der Waals surface area contributed by atoms with Crippen LogP contribution in [0.3, 0.4) is 0 Å². The average Bonchev–Trinajstić information content (AvgIpc) is 3.58. The van der Waals surface area contributed by atoms with Gasteiger partial charge in [0.05, 0.1) is 30.1 Å². The summed E-state index contributed by atoms with van der Waals surface area (Å²) in [5.74, 6) is -0.290. The van der Waals surface area contributed by atoms with E-state index < -0.39 is 35.2 Å². The fourth-order valence-electron chi connectivity index (χ4n) is 3.60. The molecule has 0 radical (unpaired) electrons. The Labute approximate surface area is 186 Å². The van der Waals surface area contributed by atoms with E-state index in [0.717, 1.165) is 23.3 Å². The van der Waals surface area contributed by atoms with Crippen molar-refractivity contribution < 1.29 is 21.8 Å². The quantitative estimate of drug-likeness (QED) is 0.379. The van der Waals surface area contributed by atoms with Crippen LogP contribution >= 0.6 is 0 Å². The summed E-state index contributed by atoms with van der Waals surface area (Å²) in [4.78, 5) is 10.4. The van der Waals surface area contributed by atoms with Crippen LogP contribution in [0, 0.1) is 24.0 Å². The van der Waals surface area contributed by atoms with E-state index in [1.807, 2.05) is 6.92 Å². The smallest absolute Gasteiger partial charge is 0.258 e. The van der Waals surface area contributed by atoms with E-state index in [1.165, 1.54) is 24.3 Å². The van der Waals surface area contributed by atoms with Crippen LogP contribution in [0.2, 0.25) is 0 Å². The maximum absolute atomic E-state index is 13.5. The van der Waals surface area contributed by atoms with Gasteiger partial charge in [0, 0.05) is 6.07 Å². The first-order valence-corrected chi connectivity index (χ1v) is 12.9. The van der Waals surface area contributed by atoms with Crippen LogP contribution in [0.1, 0.15) is 35.4 Å². The summed E-state index contributed by atoms with van der Waals surface area (Å²) in [5.41, 5.74) is 1.31. The standard InChI is InChI=1S/C23H21NO6S2/c1-15-3-9-18(10-4-15)31(27,28)20-13-21(24(25)26)23(17-7-8-17)22(14-20)32(29,30)19-11-5-16(2)6-12-19/h3-6,9-14,17H,7-8H2,1-2H3. The van der Waals surface area contributed by atoms with Gasteiger partial charge in [-0.25, -0.2) is 16.8 Å². The van der Waals surface area contributed by atoms with Crippen LogP contribution in [0.5, 0.6) is 0 Å². The molecule has 4 rings (SSSR count). The van der Waals surface area contributed by atoms with Gasteiger partial charge in [-0.2, -0.15) is 0 Å². The highest BCUT2D eigenvalue weighted by Gasteiger charge is 2.39. The topological polar surface area (TPSA) is 111 Å². The average molecular weight is 472 g/mol. The van der Waals surface area contributed by atoms with Gasteiger partial charge >= 0.3 is 0 Å². The molecule has 1 saturated carbocycles. The molecule has 0 heterocycles. The highest BCUT2D eigenvalue weighted by molar-refractivity contribution is 7.92. The van der Waals surface area contributed by atoms with Gasteiger partial charge in [0.15, 0.2) is 0 Å². The Kier molecular flexibility index (Phi) is 5.42. The van der Waals surface area contributed by atoms with Crippen molar-refractivity contribution in [3.05, 3.63) is 87.5 Å². The van der Waals surface area contributed by atoms with E-state index in [4.69, 9.17) is 0 Å². The first-order valence-electron chi connectivity index (χ1n) is 9.97. The Morgan fingerprint density at radius 2 is 1.22 bits per heavy atom. The number of nitro groups is 1. The molecule has 3 aromatic carbocycles. The largest absolute Gasteiger partial charge is 0.275 e. The number of benzene rings is 3. The Balaban J connectivity index is 2.01. The zero-order valence-electron chi connectivity index (χ0n) is 17.5. The summed E-state index contributed by atoms with van der Waals surface area (Å²) in [5, 5.41) is 11.9. The van der Waals surface area contributed by atoms with E-state index in [1.54, 1.807) is 31.2 Å². The van der Waals surface area contributed by atoms with Gasteiger partial charge in [0.2, 0.25) is 19.7 Å². The Bertz CT molecular complexity index is 1420. The van der Waals surface area contributed by atoms with Crippen LogP contribution in [-0.2, 0) is 19.7 Å². The Morgan fingerprint density at radius 3 is 1.66 bits per heavy atom. The molecule has 0 amide bonds. The molecule has 166 valence electrons. The molecule has 0 aliphatic heterocycles. The minimum absolute atomic E-state index is 0.0378. The molecule has 3 aromatic rings. The van der Waals surface area contributed by atoms with Crippen LogP contribution in [0.25, 0.3) is 0 Å². The first kappa shape index (κ1) is 22.2. The third-order valence-electron chi connectivity index (χ3n) is 5.54. The lowest BCUT2D eigenvalue weighted by atomic mass is 10.1. The monoisotopic (exact) mass is 471 g/mol. The molecule has 9 heteroatoms. The summed E-state index contributed by atoms with van der Waals surface area (Å²) in [6.07, 6.45) is 1.22. The molecule has 0 spiro atoms. The number of nitrogens with zero attached hydrogens (tertiary/aromatic N) is 1. The number of rotatable bonds is 6. The van der Waals surface area contributed by atoms with E-state index in [-0.39, 0.29) is 26.2 Å². The summed E-state index contributed by atoms with van der Waals surface area (Å²) < 4.78 is 53.6. The third-order valence-corrected chi connectivity index (χ3v) is 9.10. The molecule has 32 heavy (non-hydrogen) atoms. The van der Waals surface area contributed by atoms with Crippen molar-refractivity contribution in [1.29, 1.82) is 0 Å². The zero-order chi connectivity index (χ0) is 23.3. The number of aryl methyl sites for hydroxylation is 2. The minimum Gasteiger partial charge on any atom is -0.258 e. The molecule has 7 nitrogen and oxygen atoms in total. The Morgan fingerprint density at radius 1 is 0.750 bits per heavy atom. The lowest BCUT2D eigenvalue weighted by molar-refractivity contribution is -0.386. The molecular weight excluding hydrogens is 450 g/mol. The van der Waals surface area contributed by atoms with Crippen LogP contribution in [0.4, 0.5) is 5.69 Å². The van der Waals surface area contributed by atoms with Crippen molar-refractivity contribution in [2.75, 3.05) is 0 Å². The summed E-state index contributed by atoms with van der Waals surface area (Å²) in [6, 6.07) is 14.2. The molecule has 0 saturated heterocycles. The van der Waals surface area contributed by atoms with Crippen LogP contribution in [0.15, 0.2) is 80.2 Å². The normalized spacial score (nSPS) is 14.3. The van der Waals surface area contributed by atoms with Crippen LogP contribution in [-0.4, -0.2) is 21.8 Å². The SMILES string of the molecule is Cc1ccc(S(=O)(=O)c2cc([N+](=O)[O-])c(C3CC3)c(S(=O)(=O)c3ccc(C)cc3)c2)cc1. The number of hydrogen-bond donors (Lipinski definition) is 0. The van der Waals surface area contributed by atoms with Crippen molar-refractivity contribution in [1.82, 2.24) is 0 Å². The van der Waals surface area contributed by atoms with Crippen molar-refractivity contribution in [3.63, 3.8) is 0 Å². The van der Waals surface area contributed by atoms with E-state index in [0.29, 0.717) is 12.8 Å². The molecule has 0 atom stereocenters. The van der Waals surface area contributed by atoms with E-state index in [9.17, 15) is 26.9 Å². The van der Waals surface area contributed by atoms with Gasteiger partial charge in [-0.05, 0) is 62.9 Å². The second kappa shape index (κ2) is 7.83. The molecular formula is C23H21NO6S2. The van der Waals surface area contributed by atoms with Gasteiger partial charge in [0.1, 0.15) is 0 Å². The summed E-state index contributed by atoms with van der Waals surface area (Å²) in [7, 11) is -8.36. The molecule has 0 N–H and O–H groups in total. The lowest BCUT2D eigenvalue weighted by Crippen LogP contribution is -2.11. The first-order chi connectivity index (χ1) is 15.0. The summed E-state index contributed by atoms with van der Waals surface area (Å²) >= 11 is 0. The van der Waals surface area contributed by atoms with Gasteiger partial charge in [-0.15, -0.1) is 0 Å². The zero-order valence-corrected chi connectivity index (χ0v) is 19.1.